The van der Waals surface area contributed by atoms with Crippen molar-refractivity contribution in [3.63, 3.8) is 0 Å². The van der Waals surface area contributed by atoms with Crippen LogP contribution in [-0.2, 0) is 0 Å². The van der Waals surface area contributed by atoms with Gasteiger partial charge in [-0.05, 0) is 12.8 Å². The third kappa shape index (κ3) is 326. The van der Waals surface area contributed by atoms with Gasteiger partial charge in [0.15, 0.2) is 0 Å². The fourth-order valence-corrected chi connectivity index (χ4v) is 0.289. The Kier molecular flexibility index (Phi) is 82.4. The predicted molar refractivity (Wildman–Crippen MR) is 85.0 cm³/mol. The Balaban J connectivity index is -0.0000000226. The van der Waals surface area contributed by atoms with Crippen molar-refractivity contribution in [2.24, 2.45) is 11.8 Å². The number of hydrogen-bond acceptors (Lipinski definition) is 0. The minimum Gasteiger partial charge on any atom is -0.106 e. The molecule has 0 aromatic carbocycles. The van der Waals surface area contributed by atoms with Crippen LogP contribution in [0.2, 0.25) is 0 Å². The lowest BCUT2D eigenvalue weighted by Gasteiger charge is -1.82. The van der Waals surface area contributed by atoms with Gasteiger partial charge in [-0.2, -0.15) is 0 Å². The van der Waals surface area contributed by atoms with Crippen LogP contribution >= 0.6 is 0 Å². The number of rotatable bonds is 0. The fraction of sp³-hybridized carbons (Fsp3) is 0.875. The first kappa shape index (κ1) is 36.1. The van der Waals surface area contributed by atoms with E-state index in [1.807, 2.05) is 6.92 Å². The molecule has 0 unspecified atom stereocenters. The normalized spacial score (nSPS) is 6.12. The first-order valence-electron chi connectivity index (χ1n) is 5.34. The molecule has 0 aromatic rings. The highest BCUT2D eigenvalue weighted by Crippen LogP contribution is 1.83. The summed E-state index contributed by atoms with van der Waals surface area (Å²) < 4.78 is 0. The summed E-state index contributed by atoms with van der Waals surface area (Å²) in [6, 6.07) is 0. The van der Waals surface area contributed by atoms with Gasteiger partial charge in [0.05, 0.1) is 0 Å². The van der Waals surface area contributed by atoms with Crippen LogP contribution in [0.4, 0.5) is 0 Å². The van der Waals surface area contributed by atoms with Gasteiger partial charge in [0.2, 0.25) is 0 Å². The first-order chi connectivity index (χ1) is 5.92. The van der Waals surface area contributed by atoms with E-state index >= 15 is 0 Å². The Hall–Kier alpha value is -0.440. The maximum atomic E-state index is 2.96. The van der Waals surface area contributed by atoms with E-state index in [1.165, 1.54) is 6.42 Å². The van der Waals surface area contributed by atoms with Gasteiger partial charge in [-0.1, -0.05) is 77.2 Å². The van der Waals surface area contributed by atoms with Gasteiger partial charge in [-0.25, -0.2) is 0 Å². The summed E-state index contributed by atoms with van der Waals surface area (Å²) in [5.41, 5.74) is 0. The summed E-state index contributed by atoms with van der Waals surface area (Å²) in [7, 11) is 0. The third-order valence-corrected chi connectivity index (χ3v) is 0.433. The summed E-state index contributed by atoms with van der Waals surface area (Å²) in [5, 5.41) is 0. The van der Waals surface area contributed by atoms with E-state index < -0.39 is 0 Å². The molecule has 0 aliphatic carbocycles. The molecular formula is C16H40. The molecule has 0 N–H and O–H groups in total. The summed E-state index contributed by atoms with van der Waals surface area (Å²) >= 11 is 0. The van der Waals surface area contributed by atoms with E-state index in [0.29, 0.717) is 5.92 Å². The van der Waals surface area contributed by atoms with Gasteiger partial charge < -0.3 is 0 Å². The van der Waals surface area contributed by atoms with E-state index in [2.05, 4.69) is 60.3 Å². The standard InChI is InChI=1S/C6H10.C4H10.C3H8.3CH4/c1-4-5-6(2)3;1-4(2)3;1-3-2;;;/h6H,1-3H3;4H,1-3H3;3H2,1-2H3;3*1H4. The fourth-order valence-electron chi connectivity index (χ4n) is 0.289. The van der Waals surface area contributed by atoms with Crippen molar-refractivity contribution in [1.29, 1.82) is 0 Å². The van der Waals surface area contributed by atoms with Crippen molar-refractivity contribution in [1.82, 2.24) is 0 Å². The van der Waals surface area contributed by atoms with E-state index in [4.69, 9.17) is 0 Å². The van der Waals surface area contributed by atoms with Crippen molar-refractivity contribution in [3.05, 3.63) is 0 Å². The van der Waals surface area contributed by atoms with Crippen LogP contribution in [0, 0.1) is 23.7 Å². The van der Waals surface area contributed by atoms with Crippen LogP contribution in [0.15, 0.2) is 0 Å². The molecule has 0 heterocycles. The molecule has 0 fully saturated rings. The molecule has 0 nitrogen and oxygen atoms in total. The molecule has 104 valence electrons. The number of hydrogen-bond donors (Lipinski definition) is 0. The van der Waals surface area contributed by atoms with Gasteiger partial charge >= 0.3 is 0 Å². The minimum absolute atomic E-state index is 0. The zero-order chi connectivity index (χ0) is 11.3. The van der Waals surface area contributed by atoms with Crippen LogP contribution in [0.1, 0.15) is 84.1 Å². The Bertz CT molecular complexity index is 107. The molecule has 0 saturated heterocycles. The smallest absolute Gasteiger partial charge is 0.0146 e. The predicted octanol–water partition coefficient (Wildman–Crippen LogP) is 6.65. The second-order valence-corrected chi connectivity index (χ2v) is 3.99. The van der Waals surface area contributed by atoms with Gasteiger partial charge in [0.25, 0.3) is 0 Å². The molecule has 0 aliphatic rings. The van der Waals surface area contributed by atoms with Gasteiger partial charge in [0, 0.05) is 5.92 Å². The van der Waals surface area contributed by atoms with Crippen molar-refractivity contribution in [2.75, 3.05) is 0 Å². The van der Waals surface area contributed by atoms with E-state index in [1.54, 1.807) is 0 Å². The van der Waals surface area contributed by atoms with Crippen LogP contribution in [0.5, 0.6) is 0 Å². The maximum Gasteiger partial charge on any atom is 0.0146 e. The monoisotopic (exact) mass is 232 g/mol. The van der Waals surface area contributed by atoms with Crippen molar-refractivity contribution in [2.45, 2.75) is 84.1 Å². The molecule has 0 radical (unpaired) electrons. The highest BCUT2D eigenvalue weighted by atomic mass is 13.8. The SMILES string of the molecule is C.C.C.CC#CC(C)C.CC(C)C.CCC. The van der Waals surface area contributed by atoms with Crippen LogP contribution < -0.4 is 0 Å². The molecule has 0 aromatic heterocycles. The van der Waals surface area contributed by atoms with Crippen molar-refractivity contribution in [3.8, 4) is 11.8 Å². The summed E-state index contributed by atoms with van der Waals surface area (Å²) in [6.45, 7) is 16.8. The molecule has 0 atom stereocenters. The molecule has 0 heteroatoms. The van der Waals surface area contributed by atoms with Crippen molar-refractivity contribution >= 4 is 0 Å². The Morgan fingerprint density at radius 1 is 0.812 bits per heavy atom. The van der Waals surface area contributed by atoms with Gasteiger partial charge in [-0.3, -0.25) is 0 Å². The summed E-state index contributed by atoms with van der Waals surface area (Å²) in [6.07, 6.45) is 1.25. The lowest BCUT2D eigenvalue weighted by atomic mass is 10.2. The second-order valence-electron chi connectivity index (χ2n) is 3.99. The van der Waals surface area contributed by atoms with Crippen LogP contribution in [0.25, 0.3) is 0 Å². The summed E-state index contributed by atoms with van der Waals surface area (Å²) in [4.78, 5) is 0. The topological polar surface area (TPSA) is 0 Å². The lowest BCUT2D eigenvalue weighted by Crippen LogP contribution is -1.74. The molecule has 0 amide bonds. The molecule has 0 saturated carbocycles. The third-order valence-electron chi connectivity index (χ3n) is 0.433. The molecule has 0 bridgehead atoms. The highest BCUT2D eigenvalue weighted by molar-refractivity contribution is 4.97. The van der Waals surface area contributed by atoms with E-state index in [0.717, 1.165) is 5.92 Å². The second kappa shape index (κ2) is 36.5. The first-order valence-corrected chi connectivity index (χ1v) is 5.34. The van der Waals surface area contributed by atoms with Crippen molar-refractivity contribution < 1.29 is 0 Å². The lowest BCUT2D eigenvalue weighted by molar-refractivity contribution is 0.737. The van der Waals surface area contributed by atoms with Gasteiger partial charge in [-0.15, -0.1) is 11.8 Å². The summed E-state index contributed by atoms with van der Waals surface area (Å²) in [5.74, 6) is 7.15. The molecule has 16 heavy (non-hydrogen) atoms. The zero-order valence-electron chi connectivity index (χ0n) is 10.9. The van der Waals surface area contributed by atoms with E-state index in [-0.39, 0.29) is 22.3 Å². The molecule has 0 aliphatic heterocycles. The van der Waals surface area contributed by atoms with Crippen LogP contribution in [0.3, 0.4) is 0 Å². The minimum atomic E-state index is 0. The highest BCUT2D eigenvalue weighted by Gasteiger charge is 1.75. The zero-order valence-corrected chi connectivity index (χ0v) is 10.9. The maximum absolute atomic E-state index is 2.96. The largest absolute Gasteiger partial charge is 0.106 e. The molecule has 0 spiro atoms. The van der Waals surface area contributed by atoms with Crippen LogP contribution in [-0.4, -0.2) is 0 Å². The average Bonchev–Trinajstić information content (AvgIpc) is 1.86. The quantitative estimate of drug-likeness (QED) is 0.410. The Labute approximate surface area is 108 Å². The van der Waals surface area contributed by atoms with E-state index in [9.17, 15) is 0 Å². The van der Waals surface area contributed by atoms with Gasteiger partial charge in [0.1, 0.15) is 0 Å². The Morgan fingerprint density at radius 3 is 1.00 bits per heavy atom. The average molecular weight is 232 g/mol. The molecular weight excluding hydrogens is 192 g/mol. The molecule has 0 rings (SSSR count). The Morgan fingerprint density at radius 2 is 1.00 bits per heavy atom.